The van der Waals surface area contributed by atoms with Gasteiger partial charge >= 0.3 is 0 Å². The highest BCUT2D eigenvalue weighted by Gasteiger charge is 2.44. The Bertz CT molecular complexity index is 1180. The van der Waals surface area contributed by atoms with Crippen LogP contribution in [0.1, 0.15) is 96.4 Å². The maximum absolute atomic E-state index is 13.8. The summed E-state index contributed by atoms with van der Waals surface area (Å²) in [4.78, 5) is 46.9. The van der Waals surface area contributed by atoms with Crippen molar-refractivity contribution in [2.75, 3.05) is 13.1 Å². The van der Waals surface area contributed by atoms with Crippen LogP contribution in [0.3, 0.4) is 0 Å². The summed E-state index contributed by atoms with van der Waals surface area (Å²) in [5.41, 5.74) is 9.78. The second-order valence-electron chi connectivity index (χ2n) is 12.5. The van der Waals surface area contributed by atoms with Crippen LogP contribution in [-0.2, 0) is 14.4 Å². The van der Waals surface area contributed by atoms with Crippen molar-refractivity contribution in [3.05, 3.63) is 41.0 Å². The number of aliphatic hydroxyl groups excluding tert-OH is 1. The third-order valence-corrected chi connectivity index (χ3v) is 8.90. The Labute approximate surface area is 254 Å². The Balaban J connectivity index is 1.61. The summed E-state index contributed by atoms with van der Waals surface area (Å²) in [7, 11) is 0. The fourth-order valence-electron chi connectivity index (χ4n) is 5.39. The Hall–Kier alpha value is -2.82. The minimum Gasteiger partial charge on any atom is -0.391 e. The Kier molecular flexibility index (Phi) is 12.5. The standard InChI is InChI=1S/C32H49N5O4S/c1-21(23-13-15-24(16-14-23)28-22(2)34-20-42-28)35-30(40)26-18-25(38)19-37(26)31(41)29(32(3,4)5)36-27(39)12-10-8-6-7-9-11-17-33/h13-16,20-21,25-26,29,38H,6-12,17-19,33H2,1-5H3,(H,35,40)(H,36,39)/t21?,25-,26+,29?/m1/s1. The minimum absolute atomic E-state index is 0.0550. The van der Waals surface area contributed by atoms with Gasteiger partial charge in [-0.1, -0.05) is 70.7 Å². The second-order valence-corrected chi connectivity index (χ2v) is 13.4. The van der Waals surface area contributed by atoms with Crippen LogP contribution in [-0.4, -0.2) is 64.0 Å². The van der Waals surface area contributed by atoms with Crippen molar-refractivity contribution in [1.82, 2.24) is 20.5 Å². The van der Waals surface area contributed by atoms with Crippen LogP contribution in [0.25, 0.3) is 10.4 Å². The van der Waals surface area contributed by atoms with E-state index in [1.165, 1.54) is 4.90 Å². The quantitative estimate of drug-likeness (QED) is 0.236. The maximum Gasteiger partial charge on any atom is 0.246 e. The Morgan fingerprint density at radius 3 is 2.31 bits per heavy atom. The monoisotopic (exact) mass is 599 g/mol. The molecule has 42 heavy (non-hydrogen) atoms. The van der Waals surface area contributed by atoms with Crippen LogP contribution in [0, 0.1) is 12.3 Å². The Morgan fingerprint density at radius 2 is 1.71 bits per heavy atom. The number of amides is 3. The molecule has 4 atom stereocenters. The van der Waals surface area contributed by atoms with E-state index in [0.717, 1.165) is 60.2 Å². The number of unbranched alkanes of at least 4 members (excludes halogenated alkanes) is 5. The van der Waals surface area contributed by atoms with Crippen LogP contribution in [0.4, 0.5) is 0 Å². The van der Waals surface area contributed by atoms with Crippen molar-refractivity contribution < 1.29 is 19.5 Å². The van der Waals surface area contributed by atoms with Crippen LogP contribution in [0.15, 0.2) is 29.8 Å². The normalized spacial score (nSPS) is 18.5. The topological polar surface area (TPSA) is 138 Å². The van der Waals surface area contributed by atoms with Crippen molar-refractivity contribution in [1.29, 1.82) is 0 Å². The lowest BCUT2D eigenvalue weighted by molar-refractivity contribution is -0.144. The molecule has 3 rings (SSSR count). The SMILES string of the molecule is Cc1ncsc1-c1ccc(C(C)NC(=O)[C@@H]2C[C@@H](O)CN2C(=O)C(NC(=O)CCCCCCCCN)C(C)(C)C)cc1. The van der Waals surface area contributed by atoms with E-state index < -0.39 is 23.6 Å². The van der Waals surface area contributed by atoms with Crippen molar-refractivity contribution >= 4 is 29.1 Å². The predicted octanol–water partition coefficient (Wildman–Crippen LogP) is 4.48. The maximum atomic E-state index is 13.8. The van der Waals surface area contributed by atoms with Gasteiger partial charge in [0.1, 0.15) is 12.1 Å². The third kappa shape index (κ3) is 9.34. The second kappa shape index (κ2) is 15.6. The molecule has 10 heteroatoms. The molecule has 2 unspecified atom stereocenters. The van der Waals surface area contributed by atoms with Gasteiger partial charge in [-0.25, -0.2) is 4.98 Å². The van der Waals surface area contributed by atoms with Gasteiger partial charge in [-0.05, 0) is 49.8 Å². The van der Waals surface area contributed by atoms with Gasteiger partial charge in [0.15, 0.2) is 0 Å². The molecule has 1 aromatic carbocycles. The zero-order chi connectivity index (χ0) is 30.9. The Morgan fingerprint density at radius 1 is 1.07 bits per heavy atom. The van der Waals surface area contributed by atoms with Crippen LogP contribution < -0.4 is 16.4 Å². The number of thiazole rings is 1. The fraction of sp³-hybridized carbons (Fsp3) is 0.625. The van der Waals surface area contributed by atoms with Gasteiger partial charge in [-0.15, -0.1) is 11.3 Å². The molecular weight excluding hydrogens is 550 g/mol. The number of nitrogens with two attached hydrogens (primary N) is 1. The van der Waals surface area contributed by atoms with E-state index in [-0.39, 0.29) is 36.7 Å². The number of aryl methyl sites for hydroxylation is 1. The van der Waals surface area contributed by atoms with Gasteiger partial charge < -0.3 is 26.4 Å². The zero-order valence-corrected chi connectivity index (χ0v) is 26.6. The molecule has 9 nitrogen and oxygen atoms in total. The molecule has 0 radical (unpaired) electrons. The van der Waals surface area contributed by atoms with E-state index in [9.17, 15) is 19.5 Å². The number of rotatable bonds is 14. The first kappa shape index (κ1) is 33.7. The first-order valence-electron chi connectivity index (χ1n) is 15.2. The number of likely N-dealkylation sites (tertiary alicyclic amines) is 1. The lowest BCUT2D eigenvalue weighted by Gasteiger charge is -2.35. The van der Waals surface area contributed by atoms with Crippen LogP contribution in [0.5, 0.6) is 0 Å². The molecule has 0 bridgehead atoms. The summed E-state index contributed by atoms with van der Waals surface area (Å²) in [6.07, 6.45) is 5.72. The minimum atomic E-state index is -0.815. The molecule has 1 fully saturated rings. The van der Waals surface area contributed by atoms with Gasteiger partial charge in [-0.3, -0.25) is 14.4 Å². The molecule has 0 aliphatic carbocycles. The van der Waals surface area contributed by atoms with Gasteiger partial charge in [0.25, 0.3) is 0 Å². The number of carbonyl (C=O) groups is 3. The lowest BCUT2D eigenvalue weighted by atomic mass is 9.85. The smallest absolute Gasteiger partial charge is 0.246 e. The molecular formula is C32H49N5O4S. The van der Waals surface area contributed by atoms with E-state index >= 15 is 0 Å². The first-order valence-corrected chi connectivity index (χ1v) is 16.1. The van der Waals surface area contributed by atoms with Crippen molar-refractivity contribution in [2.24, 2.45) is 11.1 Å². The number of nitrogens with zero attached hydrogens (tertiary/aromatic N) is 2. The third-order valence-electron chi connectivity index (χ3n) is 7.92. The summed E-state index contributed by atoms with van der Waals surface area (Å²) in [6, 6.07) is 6.09. The van der Waals surface area contributed by atoms with Gasteiger partial charge in [-0.2, -0.15) is 0 Å². The fourth-order valence-corrected chi connectivity index (χ4v) is 6.20. The van der Waals surface area contributed by atoms with E-state index in [0.29, 0.717) is 13.0 Å². The molecule has 0 spiro atoms. The van der Waals surface area contributed by atoms with Gasteiger partial charge in [0.2, 0.25) is 17.7 Å². The van der Waals surface area contributed by atoms with Gasteiger partial charge in [0.05, 0.1) is 28.2 Å². The molecule has 5 N–H and O–H groups in total. The molecule has 0 saturated carbocycles. The first-order chi connectivity index (χ1) is 19.9. The summed E-state index contributed by atoms with van der Waals surface area (Å²) >= 11 is 1.59. The number of aromatic nitrogens is 1. The number of aliphatic hydroxyl groups is 1. The molecule has 232 valence electrons. The number of hydrogen-bond donors (Lipinski definition) is 4. The average molecular weight is 600 g/mol. The van der Waals surface area contributed by atoms with E-state index in [4.69, 9.17) is 5.73 Å². The number of hydrogen-bond acceptors (Lipinski definition) is 7. The van der Waals surface area contributed by atoms with E-state index in [1.807, 2.05) is 64.4 Å². The molecule has 1 aromatic heterocycles. The summed E-state index contributed by atoms with van der Waals surface area (Å²) < 4.78 is 0. The van der Waals surface area contributed by atoms with Crippen molar-refractivity contribution in [2.45, 2.75) is 110 Å². The highest BCUT2D eigenvalue weighted by Crippen LogP contribution is 2.29. The zero-order valence-electron chi connectivity index (χ0n) is 25.8. The molecule has 3 amide bonds. The van der Waals surface area contributed by atoms with Gasteiger partial charge in [0, 0.05) is 19.4 Å². The largest absolute Gasteiger partial charge is 0.391 e. The molecule has 1 saturated heterocycles. The molecule has 2 aromatic rings. The highest BCUT2D eigenvalue weighted by molar-refractivity contribution is 7.13. The number of β-amino-alcohol motifs (C(OH)–C–C–N with tert-alkyl or cyclic N) is 1. The highest BCUT2D eigenvalue weighted by atomic mass is 32.1. The van der Waals surface area contributed by atoms with Crippen molar-refractivity contribution in [3.8, 4) is 10.4 Å². The number of nitrogens with one attached hydrogen (secondary N) is 2. The summed E-state index contributed by atoms with van der Waals surface area (Å²) in [5.74, 6) is -0.828. The predicted molar refractivity (Wildman–Crippen MR) is 168 cm³/mol. The average Bonchev–Trinajstić information content (AvgIpc) is 3.55. The molecule has 2 heterocycles. The number of benzene rings is 1. The summed E-state index contributed by atoms with van der Waals surface area (Å²) in [6.45, 7) is 10.3. The van der Waals surface area contributed by atoms with E-state index in [1.54, 1.807) is 11.3 Å². The van der Waals surface area contributed by atoms with Crippen LogP contribution in [0.2, 0.25) is 0 Å². The molecule has 1 aliphatic heterocycles. The molecule has 1 aliphatic rings. The van der Waals surface area contributed by atoms with Crippen molar-refractivity contribution in [3.63, 3.8) is 0 Å². The van der Waals surface area contributed by atoms with E-state index in [2.05, 4.69) is 15.6 Å². The summed E-state index contributed by atoms with van der Waals surface area (Å²) in [5, 5.41) is 16.5. The number of carbonyl (C=O) groups excluding carboxylic acids is 3. The van der Waals surface area contributed by atoms with Crippen LogP contribution >= 0.6 is 11.3 Å². The lowest BCUT2D eigenvalue weighted by Crippen LogP contribution is -2.57.